The van der Waals surface area contributed by atoms with E-state index in [1.54, 1.807) is 6.92 Å². The van der Waals surface area contributed by atoms with Crippen LogP contribution in [0, 0.1) is 5.92 Å². The zero-order valence-electron chi connectivity index (χ0n) is 12.1. The zero-order chi connectivity index (χ0) is 16.0. The molecule has 1 N–H and O–H groups in total. The second-order valence-corrected chi connectivity index (χ2v) is 6.26. The summed E-state index contributed by atoms with van der Waals surface area (Å²) >= 11 is 0.907. The van der Waals surface area contributed by atoms with Crippen molar-refractivity contribution in [2.45, 2.75) is 43.8 Å². The number of thioether (sulfide) groups is 1. The number of nitrogens with one attached hydrogen (secondary N) is 1. The monoisotopic (exact) mass is 321 g/mol. The molecule has 0 aliphatic heterocycles. The summed E-state index contributed by atoms with van der Waals surface area (Å²) in [5.74, 6) is 0.238. The molecule has 1 amide bonds. The van der Waals surface area contributed by atoms with Gasteiger partial charge in [0, 0.05) is 12.7 Å². The van der Waals surface area contributed by atoms with Gasteiger partial charge in [0.1, 0.15) is 5.69 Å². The Labute approximate surface area is 125 Å². The van der Waals surface area contributed by atoms with E-state index in [9.17, 15) is 18.0 Å². The first kappa shape index (κ1) is 17.7. The molecule has 0 radical (unpaired) electrons. The van der Waals surface area contributed by atoms with E-state index < -0.39 is 17.1 Å². The first-order chi connectivity index (χ1) is 9.70. The summed E-state index contributed by atoms with van der Waals surface area (Å²) < 4.78 is 37.6. The number of halogens is 3. The summed E-state index contributed by atoms with van der Waals surface area (Å²) in [6.45, 7) is 6.24. The molecule has 8 heteroatoms. The lowest BCUT2D eigenvalue weighted by Crippen LogP contribution is -2.32. The van der Waals surface area contributed by atoms with Crippen LogP contribution in [0.1, 0.15) is 32.9 Å². The minimum absolute atomic E-state index is 0.0589. The molecule has 1 unspecified atom stereocenters. The molecular weight excluding hydrogens is 303 g/mol. The molecule has 0 fully saturated rings. The highest BCUT2D eigenvalue weighted by Gasteiger charge is 2.33. The topological polar surface area (TPSA) is 54.9 Å². The zero-order valence-corrected chi connectivity index (χ0v) is 12.9. The van der Waals surface area contributed by atoms with Crippen LogP contribution in [0.5, 0.6) is 0 Å². The van der Waals surface area contributed by atoms with Gasteiger partial charge in [-0.15, -0.1) is 0 Å². The Morgan fingerprint density at radius 2 is 2.05 bits per heavy atom. The van der Waals surface area contributed by atoms with Crippen LogP contribution >= 0.6 is 11.8 Å². The fraction of sp³-hybridized carbons (Fsp3) is 0.615. The predicted octanol–water partition coefficient (Wildman–Crippen LogP) is 3.14. The molecule has 1 heterocycles. The van der Waals surface area contributed by atoms with E-state index >= 15 is 0 Å². The number of hydrogen-bond donors (Lipinski definition) is 1. The maximum absolute atomic E-state index is 12.5. The van der Waals surface area contributed by atoms with Gasteiger partial charge in [-0.3, -0.25) is 4.79 Å². The van der Waals surface area contributed by atoms with E-state index in [4.69, 9.17) is 0 Å². The molecule has 0 saturated heterocycles. The minimum atomic E-state index is -4.51. The highest BCUT2D eigenvalue weighted by molar-refractivity contribution is 8.00. The molecule has 0 aliphatic carbocycles. The SMILES string of the molecule is CC(C)CCNC(=O)C(C)Sc1nccc(C(F)(F)F)n1. The Bertz CT molecular complexity index is 480. The number of aromatic nitrogens is 2. The van der Waals surface area contributed by atoms with Gasteiger partial charge in [-0.1, -0.05) is 25.6 Å². The predicted molar refractivity (Wildman–Crippen MR) is 74.8 cm³/mol. The third-order valence-corrected chi connectivity index (χ3v) is 3.57. The lowest BCUT2D eigenvalue weighted by Gasteiger charge is -2.12. The maximum Gasteiger partial charge on any atom is 0.433 e. The summed E-state index contributed by atoms with van der Waals surface area (Å²) in [5.41, 5.74) is -1.01. The van der Waals surface area contributed by atoms with Crippen LogP contribution in [-0.2, 0) is 11.0 Å². The Morgan fingerprint density at radius 1 is 1.38 bits per heavy atom. The first-order valence-corrected chi connectivity index (χ1v) is 7.42. The van der Waals surface area contributed by atoms with Crippen molar-refractivity contribution in [1.29, 1.82) is 0 Å². The van der Waals surface area contributed by atoms with Gasteiger partial charge in [-0.2, -0.15) is 13.2 Å². The van der Waals surface area contributed by atoms with Crippen molar-refractivity contribution < 1.29 is 18.0 Å². The lowest BCUT2D eigenvalue weighted by molar-refractivity contribution is -0.141. The van der Waals surface area contributed by atoms with Crippen molar-refractivity contribution in [2.24, 2.45) is 5.92 Å². The molecule has 0 spiro atoms. The molecule has 1 rings (SSSR count). The van der Waals surface area contributed by atoms with Crippen molar-refractivity contribution in [3.8, 4) is 0 Å². The van der Waals surface area contributed by atoms with Crippen LogP contribution in [0.2, 0.25) is 0 Å². The molecule has 0 aromatic carbocycles. The number of amides is 1. The van der Waals surface area contributed by atoms with Crippen LogP contribution in [0.4, 0.5) is 13.2 Å². The van der Waals surface area contributed by atoms with Gasteiger partial charge in [-0.25, -0.2) is 9.97 Å². The highest BCUT2D eigenvalue weighted by Crippen LogP contribution is 2.29. The van der Waals surface area contributed by atoms with Crippen LogP contribution < -0.4 is 5.32 Å². The normalized spacial score (nSPS) is 13.3. The molecular formula is C13H18F3N3OS. The summed E-state index contributed by atoms with van der Waals surface area (Å²) in [4.78, 5) is 19.0. The quantitative estimate of drug-likeness (QED) is 0.646. The van der Waals surface area contributed by atoms with Crippen LogP contribution in [0.3, 0.4) is 0 Å². The second kappa shape index (κ2) is 7.63. The van der Waals surface area contributed by atoms with Crippen LogP contribution in [0.25, 0.3) is 0 Å². The van der Waals surface area contributed by atoms with Gasteiger partial charge in [-0.05, 0) is 25.3 Å². The highest BCUT2D eigenvalue weighted by atomic mass is 32.2. The molecule has 1 aromatic heterocycles. The van der Waals surface area contributed by atoms with E-state index in [0.717, 1.165) is 30.4 Å². The Hall–Kier alpha value is -1.31. The third-order valence-electron chi connectivity index (χ3n) is 2.60. The standard InChI is InChI=1S/C13H18F3N3OS/c1-8(2)4-6-17-11(20)9(3)21-12-18-7-5-10(19-12)13(14,15)16/h5,7-9H,4,6H2,1-3H3,(H,17,20). The van der Waals surface area contributed by atoms with Crippen molar-refractivity contribution in [1.82, 2.24) is 15.3 Å². The Balaban J connectivity index is 2.58. The van der Waals surface area contributed by atoms with Crippen LogP contribution in [0.15, 0.2) is 17.4 Å². The van der Waals surface area contributed by atoms with E-state index in [1.807, 2.05) is 13.8 Å². The number of nitrogens with zero attached hydrogens (tertiary/aromatic N) is 2. The van der Waals surface area contributed by atoms with Gasteiger partial charge in [0.25, 0.3) is 0 Å². The van der Waals surface area contributed by atoms with E-state index in [1.165, 1.54) is 0 Å². The molecule has 118 valence electrons. The lowest BCUT2D eigenvalue weighted by atomic mass is 10.1. The number of rotatable bonds is 6. The summed E-state index contributed by atoms with van der Waals surface area (Å²) in [6, 6.07) is 0.803. The van der Waals surface area contributed by atoms with Crippen molar-refractivity contribution in [3.63, 3.8) is 0 Å². The minimum Gasteiger partial charge on any atom is -0.355 e. The van der Waals surface area contributed by atoms with Gasteiger partial charge in [0.05, 0.1) is 5.25 Å². The molecule has 21 heavy (non-hydrogen) atoms. The molecule has 1 atom stereocenters. The second-order valence-electron chi connectivity index (χ2n) is 4.96. The Kier molecular flexibility index (Phi) is 6.44. The molecule has 1 aromatic rings. The van der Waals surface area contributed by atoms with Gasteiger partial charge in [0.2, 0.25) is 5.91 Å². The van der Waals surface area contributed by atoms with Crippen molar-refractivity contribution in [3.05, 3.63) is 18.0 Å². The van der Waals surface area contributed by atoms with Crippen molar-refractivity contribution >= 4 is 17.7 Å². The van der Waals surface area contributed by atoms with Gasteiger partial charge in [0.15, 0.2) is 5.16 Å². The Morgan fingerprint density at radius 3 is 2.62 bits per heavy atom. The fourth-order valence-electron chi connectivity index (χ4n) is 1.39. The summed E-state index contributed by atoms with van der Waals surface area (Å²) in [6.07, 6.45) is -2.62. The van der Waals surface area contributed by atoms with E-state index in [-0.39, 0.29) is 11.1 Å². The summed E-state index contributed by atoms with van der Waals surface area (Å²) in [7, 11) is 0. The number of carbonyl (C=O) groups is 1. The third kappa shape index (κ3) is 6.33. The molecule has 0 bridgehead atoms. The summed E-state index contributed by atoms with van der Waals surface area (Å²) in [5, 5.41) is 2.13. The van der Waals surface area contributed by atoms with E-state index in [2.05, 4.69) is 15.3 Å². The van der Waals surface area contributed by atoms with Gasteiger partial charge >= 0.3 is 6.18 Å². The average Bonchev–Trinajstić information content (AvgIpc) is 2.37. The maximum atomic E-state index is 12.5. The smallest absolute Gasteiger partial charge is 0.355 e. The largest absolute Gasteiger partial charge is 0.433 e. The molecule has 4 nitrogen and oxygen atoms in total. The number of alkyl halides is 3. The number of hydrogen-bond acceptors (Lipinski definition) is 4. The molecule has 0 aliphatic rings. The fourth-order valence-corrected chi connectivity index (χ4v) is 2.17. The van der Waals surface area contributed by atoms with Crippen molar-refractivity contribution in [2.75, 3.05) is 6.54 Å². The molecule has 0 saturated carbocycles. The van der Waals surface area contributed by atoms with Gasteiger partial charge < -0.3 is 5.32 Å². The first-order valence-electron chi connectivity index (χ1n) is 6.54. The number of carbonyl (C=O) groups excluding carboxylic acids is 1. The van der Waals surface area contributed by atoms with E-state index in [0.29, 0.717) is 12.5 Å². The van der Waals surface area contributed by atoms with Crippen LogP contribution in [-0.4, -0.2) is 27.7 Å². The average molecular weight is 321 g/mol.